The lowest BCUT2D eigenvalue weighted by Gasteiger charge is -2.19. The standard InChI is InChI=1S/C16H23BrN4/c1-5-18-14(13-8-7-11(3)19-10-13)9-15-16(17)12(4)20-21(15)6-2/h7-8,10,14,18H,5-6,9H2,1-4H3. The first-order valence-corrected chi connectivity index (χ1v) is 8.23. The van der Waals surface area contributed by atoms with E-state index in [1.54, 1.807) is 0 Å². The monoisotopic (exact) mass is 350 g/mol. The Morgan fingerprint density at radius 3 is 2.62 bits per heavy atom. The third-order valence-electron chi connectivity index (χ3n) is 3.64. The van der Waals surface area contributed by atoms with Crippen LogP contribution in [-0.2, 0) is 13.0 Å². The van der Waals surface area contributed by atoms with Crippen molar-refractivity contribution in [1.29, 1.82) is 0 Å². The highest BCUT2D eigenvalue weighted by molar-refractivity contribution is 9.10. The van der Waals surface area contributed by atoms with E-state index in [0.29, 0.717) is 0 Å². The summed E-state index contributed by atoms with van der Waals surface area (Å²) in [6, 6.07) is 4.47. The maximum absolute atomic E-state index is 4.58. The first-order chi connectivity index (χ1) is 10.1. The van der Waals surface area contributed by atoms with Crippen LogP contribution in [0.15, 0.2) is 22.8 Å². The summed E-state index contributed by atoms with van der Waals surface area (Å²) in [5.74, 6) is 0. The molecule has 21 heavy (non-hydrogen) atoms. The second-order valence-corrected chi connectivity index (χ2v) is 6.00. The fourth-order valence-corrected chi connectivity index (χ4v) is 2.94. The number of hydrogen-bond donors (Lipinski definition) is 1. The fourth-order valence-electron chi connectivity index (χ4n) is 2.50. The molecule has 0 aliphatic rings. The lowest BCUT2D eigenvalue weighted by Crippen LogP contribution is -2.24. The number of nitrogens with one attached hydrogen (secondary N) is 1. The second kappa shape index (κ2) is 7.18. The van der Waals surface area contributed by atoms with E-state index < -0.39 is 0 Å². The molecule has 0 bridgehead atoms. The van der Waals surface area contributed by atoms with E-state index in [1.165, 1.54) is 11.3 Å². The Balaban J connectivity index is 2.30. The largest absolute Gasteiger partial charge is 0.310 e. The quantitative estimate of drug-likeness (QED) is 0.865. The first kappa shape index (κ1) is 16.2. The zero-order chi connectivity index (χ0) is 15.4. The van der Waals surface area contributed by atoms with E-state index in [9.17, 15) is 0 Å². The highest BCUT2D eigenvalue weighted by atomic mass is 79.9. The van der Waals surface area contributed by atoms with Crippen LogP contribution in [0.5, 0.6) is 0 Å². The average Bonchev–Trinajstić information content (AvgIpc) is 2.75. The molecule has 2 aromatic rings. The maximum Gasteiger partial charge on any atom is 0.0738 e. The smallest absolute Gasteiger partial charge is 0.0738 e. The number of likely N-dealkylation sites (N-methyl/N-ethyl adjacent to an activating group) is 1. The number of halogens is 1. The van der Waals surface area contributed by atoms with Crippen molar-refractivity contribution in [2.45, 2.75) is 46.7 Å². The van der Waals surface area contributed by atoms with Crippen LogP contribution in [0, 0.1) is 13.8 Å². The van der Waals surface area contributed by atoms with Gasteiger partial charge in [0.05, 0.1) is 15.9 Å². The second-order valence-electron chi connectivity index (χ2n) is 5.21. The minimum absolute atomic E-state index is 0.251. The van der Waals surface area contributed by atoms with Gasteiger partial charge in [0.25, 0.3) is 0 Å². The molecule has 0 aliphatic carbocycles. The molecular weight excluding hydrogens is 328 g/mol. The molecule has 0 saturated carbocycles. The van der Waals surface area contributed by atoms with Gasteiger partial charge in [-0.2, -0.15) is 5.10 Å². The SMILES string of the molecule is CCNC(Cc1c(Br)c(C)nn1CC)c1ccc(C)nc1. The summed E-state index contributed by atoms with van der Waals surface area (Å²) < 4.78 is 3.19. The Hall–Kier alpha value is -1.20. The minimum Gasteiger partial charge on any atom is -0.310 e. The van der Waals surface area contributed by atoms with Crippen molar-refractivity contribution in [3.8, 4) is 0 Å². The molecule has 0 amide bonds. The predicted octanol–water partition coefficient (Wildman–Crippen LogP) is 3.57. The molecular formula is C16H23BrN4. The molecule has 2 heterocycles. The zero-order valence-corrected chi connectivity index (χ0v) is 14.7. The first-order valence-electron chi connectivity index (χ1n) is 7.44. The van der Waals surface area contributed by atoms with Crippen LogP contribution in [0.1, 0.15) is 42.5 Å². The van der Waals surface area contributed by atoms with Gasteiger partial charge in [-0.05, 0) is 54.9 Å². The van der Waals surface area contributed by atoms with Gasteiger partial charge < -0.3 is 5.32 Å². The number of nitrogens with zero attached hydrogens (tertiary/aromatic N) is 3. The molecule has 114 valence electrons. The highest BCUT2D eigenvalue weighted by Crippen LogP contribution is 2.26. The van der Waals surface area contributed by atoms with Crippen LogP contribution >= 0.6 is 15.9 Å². The van der Waals surface area contributed by atoms with Crippen molar-refractivity contribution in [1.82, 2.24) is 20.1 Å². The summed E-state index contributed by atoms with van der Waals surface area (Å²) >= 11 is 3.68. The third-order valence-corrected chi connectivity index (χ3v) is 4.67. The number of rotatable bonds is 6. The van der Waals surface area contributed by atoms with Gasteiger partial charge in [-0.25, -0.2) is 0 Å². The van der Waals surface area contributed by atoms with E-state index in [1.807, 2.05) is 20.0 Å². The van der Waals surface area contributed by atoms with Crippen LogP contribution in [-0.4, -0.2) is 21.3 Å². The minimum atomic E-state index is 0.251. The van der Waals surface area contributed by atoms with E-state index in [-0.39, 0.29) is 6.04 Å². The molecule has 0 aliphatic heterocycles. The van der Waals surface area contributed by atoms with Crippen LogP contribution in [0.4, 0.5) is 0 Å². The van der Waals surface area contributed by atoms with Crippen LogP contribution in [0.2, 0.25) is 0 Å². The van der Waals surface area contributed by atoms with Crippen molar-refractivity contribution in [2.75, 3.05) is 6.54 Å². The van der Waals surface area contributed by atoms with Gasteiger partial charge in [0.15, 0.2) is 0 Å². The molecule has 1 atom stereocenters. The van der Waals surface area contributed by atoms with Crippen molar-refractivity contribution in [2.24, 2.45) is 0 Å². The molecule has 4 nitrogen and oxygen atoms in total. The van der Waals surface area contributed by atoms with Gasteiger partial charge in [0.2, 0.25) is 0 Å². The lowest BCUT2D eigenvalue weighted by molar-refractivity contribution is 0.514. The van der Waals surface area contributed by atoms with Gasteiger partial charge in [-0.1, -0.05) is 13.0 Å². The van der Waals surface area contributed by atoms with Crippen molar-refractivity contribution in [3.05, 3.63) is 45.4 Å². The lowest BCUT2D eigenvalue weighted by atomic mass is 10.0. The van der Waals surface area contributed by atoms with Crippen LogP contribution in [0.25, 0.3) is 0 Å². The summed E-state index contributed by atoms with van der Waals surface area (Å²) in [6.45, 7) is 10.1. The number of aryl methyl sites for hydroxylation is 3. The number of hydrogen-bond acceptors (Lipinski definition) is 3. The molecule has 1 unspecified atom stereocenters. The molecule has 2 aromatic heterocycles. The average molecular weight is 351 g/mol. The molecule has 0 radical (unpaired) electrons. The van der Waals surface area contributed by atoms with Crippen molar-refractivity contribution < 1.29 is 0 Å². The van der Waals surface area contributed by atoms with Crippen LogP contribution < -0.4 is 5.32 Å². The van der Waals surface area contributed by atoms with E-state index in [2.05, 4.69) is 62.0 Å². The number of aromatic nitrogens is 3. The van der Waals surface area contributed by atoms with Crippen molar-refractivity contribution in [3.63, 3.8) is 0 Å². The molecule has 0 saturated heterocycles. The third kappa shape index (κ3) is 3.71. The van der Waals surface area contributed by atoms with Gasteiger partial charge in [0.1, 0.15) is 0 Å². The van der Waals surface area contributed by atoms with Crippen molar-refractivity contribution >= 4 is 15.9 Å². The van der Waals surface area contributed by atoms with Gasteiger partial charge in [-0.3, -0.25) is 9.67 Å². The normalized spacial score (nSPS) is 12.6. The van der Waals surface area contributed by atoms with E-state index in [0.717, 1.165) is 35.4 Å². The van der Waals surface area contributed by atoms with E-state index in [4.69, 9.17) is 0 Å². The summed E-state index contributed by atoms with van der Waals surface area (Å²) in [6.07, 6.45) is 2.87. The number of pyridine rings is 1. The topological polar surface area (TPSA) is 42.7 Å². The summed E-state index contributed by atoms with van der Waals surface area (Å²) in [4.78, 5) is 4.42. The molecule has 5 heteroatoms. The Labute approximate surface area is 135 Å². The Kier molecular flexibility index (Phi) is 5.53. The summed E-state index contributed by atoms with van der Waals surface area (Å²) in [5, 5.41) is 8.13. The molecule has 0 fully saturated rings. The van der Waals surface area contributed by atoms with Gasteiger partial charge >= 0.3 is 0 Å². The van der Waals surface area contributed by atoms with Gasteiger partial charge in [-0.15, -0.1) is 0 Å². The zero-order valence-electron chi connectivity index (χ0n) is 13.2. The van der Waals surface area contributed by atoms with Gasteiger partial charge in [0, 0.05) is 30.9 Å². The molecule has 1 N–H and O–H groups in total. The maximum atomic E-state index is 4.58. The predicted molar refractivity (Wildman–Crippen MR) is 89.4 cm³/mol. The highest BCUT2D eigenvalue weighted by Gasteiger charge is 2.18. The summed E-state index contributed by atoms with van der Waals surface area (Å²) in [5.41, 5.74) is 4.55. The Bertz CT molecular complexity index is 589. The Morgan fingerprint density at radius 1 is 1.29 bits per heavy atom. The van der Waals surface area contributed by atoms with E-state index >= 15 is 0 Å². The molecule has 0 aromatic carbocycles. The Morgan fingerprint density at radius 2 is 2.05 bits per heavy atom. The molecule has 2 rings (SSSR count). The fraction of sp³-hybridized carbons (Fsp3) is 0.500. The molecule has 0 spiro atoms. The summed E-state index contributed by atoms with van der Waals surface area (Å²) in [7, 11) is 0. The van der Waals surface area contributed by atoms with Crippen LogP contribution in [0.3, 0.4) is 0 Å².